The summed E-state index contributed by atoms with van der Waals surface area (Å²) in [5.41, 5.74) is 7.32. The van der Waals surface area contributed by atoms with Gasteiger partial charge in [-0.1, -0.05) is 12.1 Å². The molecule has 15 heavy (non-hydrogen) atoms. The van der Waals surface area contributed by atoms with Crippen LogP contribution in [0, 0.1) is 6.92 Å². The van der Waals surface area contributed by atoms with Crippen LogP contribution in [0.4, 0.5) is 0 Å². The second-order valence-electron chi connectivity index (χ2n) is 3.61. The average Bonchev–Trinajstić information content (AvgIpc) is 2.22. The summed E-state index contributed by atoms with van der Waals surface area (Å²) in [5.74, 6) is -0.308. The first-order chi connectivity index (χ1) is 7.18. The van der Waals surface area contributed by atoms with Crippen molar-refractivity contribution in [3.63, 3.8) is 0 Å². The minimum Gasteiger partial charge on any atom is -0.369 e. The van der Waals surface area contributed by atoms with E-state index in [2.05, 4.69) is 4.98 Å². The first-order valence-corrected chi connectivity index (χ1v) is 4.79. The third-order valence-corrected chi connectivity index (χ3v) is 2.49. The quantitative estimate of drug-likeness (QED) is 0.800. The Kier molecular flexibility index (Phi) is 2.37. The highest BCUT2D eigenvalue weighted by Gasteiger charge is 2.05. The Morgan fingerprint density at radius 2 is 2.13 bits per heavy atom. The van der Waals surface area contributed by atoms with Crippen molar-refractivity contribution in [2.24, 2.45) is 5.73 Å². The fourth-order valence-corrected chi connectivity index (χ4v) is 1.74. The minimum absolute atomic E-state index is 0.279. The molecule has 2 rings (SSSR count). The zero-order valence-electron chi connectivity index (χ0n) is 8.53. The fourth-order valence-electron chi connectivity index (χ4n) is 1.74. The molecule has 0 saturated heterocycles. The predicted molar refractivity (Wildman–Crippen MR) is 59.4 cm³/mol. The number of aromatic nitrogens is 1. The Balaban J connectivity index is 2.66. The molecule has 0 aliphatic carbocycles. The number of carbonyl (C=O) groups is 1. The molecule has 0 unspecified atom stereocenters. The summed E-state index contributed by atoms with van der Waals surface area (Å²) in [7, 11) is 0. The molecular weight excluding hydrogens is 188 g/mol. The third kappa shape index (κ3) is 1.81. The molecule has 2 aromatic rings. The number of pyridine rings is 1. The van der Waals surface area contributed by atoms with Gasteiger partial charge in [0.15, 0.2) is 0 Å². The number of hydrogen-bond acceptors (Lipinski definition) is 2. The van der Waals surface area contributed by atoms with E-state index < -0.39 is 0 Å². The Hall–Kier alpha value is -1.90. The molecule has 1 heterocycles. The maximum Gasteiger partial charge on any atom is 0.221 e. The van der Waals surface area contributed by atoms with Crippen LogP contribution in [-0.4, -0.2) is 10.9 Å². The van der Waals surface area contributed by atoms with Crippen LogP contribution >= 0.6 is 0 Å². The Morgan fingerprint density at radius 1 is 1.33 bits per heavy atom. The summed E-state index contributed by atoms with van der Waals surface area (Å²) in [5, 5.41) is 2.14. The summed E-state index contributed by atoms with van der Waals surface area (Å²) in [6, 6.07) is 5.85. The van der Waals surface area contributed by atoms with E-state index >= 15 is 0 Å². The minimum atomic E-state index is -0.308. The van der Waals surface area contributed by atoms with E-state index in [0.717, 1.165) is 21.9 Å². The van der Waals surface area contributed by atoms with Gasteiger partial charge in [0.05, 0.1) is 6.42 Å². The van der Waals surface area contributed by atoms with Crippen molar-refractivity contribution in [2.75, 3.05) is 0 Å². The number of primary amides is 1. The van der Waals surface area contributed by atoms with Gasteiger partial charge in [0, 0.05) is 17.8 Å². The molecule has 76 valence electrons. The monoisotopic (exact) mass is 200 g/mol. The number of hydrogen-bond donors (Lipinski definition) is 1. The van der Waals surface area contributed by atoms with Gasteiger partial charge in [0.1, 0.15) is 0 Å². The molecule has 0 aliphatic heterocycles. The van der Waals surface area contributed by atoms with E-state index in [1.807, 2.05) is 31.3 Å². The molecule has 0 atom stereocenters. The van der Waals surface area contributed by atoms with Gasteiger partial charge in [-0.15, -0.1) is 0 Å². The van der Waals surface area contributed by atoms with Crippen molar-refractivity contribution < 1.29 is 4.79 Å². The molecule has 0 bridgehead atoms. The average molecular weight is 200 g/mol. The number of benzene rings is 1. The van der Waals surface area contributed by atoms with Crippen LogP contribution < -0.4 is 5.73 Å². The molecule has 0 fully saturated rings. The second kappa shape index (κ2) is 3.69. The number of rotatable bonds is 2. The van der Waals surface area contributed by atoms with Crippen LogP contribution in [-0.2, 0) is 11.2 Å². The molecular formula is C12H12N2O. The van der Waals surface area contributed by atoms with Gasteiger partial charge >= 0.3 is 0 Å². The number of nitrogens with zero attached hydrogens (tertiary/aromatic N) is 1. The molecule has 1 aromatic heterocycles. The highest BCUT2D eigenvalue weighted by Crippen LogP contribution is 2.21. The zero-order chi connectivity index (χ0) is 10.8. The lowest BCUT2D eigenvalue weighted by Gasteiger charge is -2.06. The summed E-state index contributed by atoms with van der Waals surface area (Å²) in [6.07, 6.45) is 3.82. The summed E-state index contributed by atoms with van der Waals surface area (Å²) in [6.45, 7) is 2.03. The van der Waals surface area contributed by atoms with E-state index in [0.29, 0.717) is 0 Å². The molecule has 0 spiro atoms. The maximum atomic E-state index is 10.9. The van der Waals surface area contributed by atoms with Crippen molar-refractivity contribution >= 4 is 16.7 Å². The molecule has 0 saturated carbocycles. The zero-order valence-corrected chi connectivity index (χ0v) is 8.53. The van der Waals surface area contributed by atoms with Crippen LogP contribution in [0.25, 0.3) is 10.8 Å². The number of carbonyl (C=O) groups excluding carboxylic acids is 1. The lowest BCUT2D eigenvalue weighted by Crippen LogP contribution is -2.13. The first kappa shape index (κ1) is 9.65. The summed E-state index contributed by atoms with van der Waals surface area (Å²) >= 11 is 0. The van der Waals surface area contributed by atoms with Crippen LogP contribution in [0.5, 0.6) is 0 Å². The number of amides is 1. The van der Waals surface area contributed by atoms with Gasteiger partial charge in [-0.25, -0.2) is 0 Å². The third-order valence-electron chi connectivity index (χ3n) is 2.49. The van der Waals surface area contributed by atoms with E-state index in [9.17, 15) is 4.79 Å². The van der Waals surface area contributed by atoms with Crippen LogP contribution in [0.3, 0.4) is 0 Å². The van der Waals surface area contributed by atoms with Gasteiger partial charge < -0.3 is 5.73 Å². The van der Waals surface area contributed by atoms with Gasteiger partial charge in [-0.05, 0) is 29.5 Å². The standard InChI is InChI=1S/C12H12N2O/c1-8-2-3-9(6-12(13)15)10-4-5-14-7-11(8)10/h2-5,7H,6H2,1H3,(H2,13,15). The summed E-state index contributed by atoms with van der Waals surface area (Å²) in [4.78, 5) is 15.0. The van der Waals surface area contributed by atoms with Gasteiger partial charge in [0.25, 0.3) is 0 Å². The Bertz CT molecular complexity index is 520. The van der Waals surface area contributed by atoms with Crippen molar-refractivity contribution in [3.05, 3.63) is 41.7 Å². The maximum absolute atomic E-state index is 10.9. The van der Waals surface area contributed by atoms with Gasteiger partial charge in [-0.3, -0.25) is 9.78 Å². The molecule has 3 heteroatoms. The van der Waals surface area contributed by atoms with Crippen molar-refractivity contribution in [2.45, 2.75) is 13.3 Å². The van der Waals surface area contributed by atoms with Gasteiger partial charge in [-0.2, -0.15) is 0 Å². The predicted octanol–water partition coefficient (Wildman–Crippen LogP) is 1.57. The van der Waals surface area contributed by atoms with E-state index in [1.54, 1.807) is 6.20 Å². The molecule has 0 aliphatic rings. The number of fused-ring (bicyclic) bond motifs is 1. The molecule has 1 aromatic carbocycles. The number of aryl methyl sites for hydroxylation is 1. The van der Waals surface area contributed by atoms with E-state index in [1.165, 1.54) is 0 Å². The topological polar surface area (TPSA) is 56.0 Å². The Labute approximate surface area is 87.9 Å². The lowest BCUT2D eigenvalue weighted by molar-refractivity contribution is -0.117. The van der Waals surface area contributed by atoms with Crippen molar-refractivity contribution in [1.82, 2.24) is 4.98 Å². The number of nitrogens with two attached hydrogens (primary N) is 1. The molecule has 3 nitrogen and oxygen atoms in total. The smallest absolute Gasteiger partial charge is 0.221 e. The van der Waals surface area contributed by atoms with Crippen LogP contribution in [0.15, 0.2) is 30.6 Å². The highest BCUT2D eigenvalue weighted by molar-refractivity contribution is 5.91. The Morgan fingerprint density at radius 3 is 2.87 bits per heavy atom. The fraction of sp³-hybridized carbons (Fsp3) is 0.167. The molecule has 2 N–H and O–H groups in total. The highest BCUT2D eigenvalue weighted by atomic mass is 16.1. The first-order valence-electron chi connectivity index (χ1n) is 4.79. The van der Waals surface area contributed by atoms with E-state index in [-0.39, 0.29) is 12.3 Å². The van der Waals surface area contributed by atoms with Crippen molar-refractivity contribution in [1.29, 1.82) is 0 Å². The van der Waals surface area contributed by atoms with E-state index in [4.69, 9.17) is 5.73 Å². The summed E-state index contributed by atoms with van der Waals surface area (Å²) < 4.78 is 0. The van der Waals surface area contributed by atoms with Crippen LogP contribution in [0.1, 0.15) is 11.1 Å². The second-order valence-corrected chi connectivity index (χ2v) is 3.61. The van der Waals surface area contributed by atoms with Gasteiger partial charge in [0.2, 0.25) is 5.91 Å². The largest absolute Gasteiger partial charge is 0.369 e. The SMILES string of the molecule is Cc1ccc(CC(N)=O)c2ccncc12. The molecule has 0 radical (unpaired) electrons. The lowest BCUT2D eigenvalue weighted by atomic mass is 10.0. The van der Waals surface area contributed by atoms with Crippen molar-refractivity contribution in [3.8, 4) is 0 Å². The van der Waals surface area contributed by atoms with Crippen LogP contribution in [0.2, 0.25) is 0 Å². The normalized spacial score (nSPS) is 10.5. The molecule has 1 amide bonds.